The summed E-state index contributed by atoms with van der Waals surface area (Å²) in [5, 5.41) is 38.5. The molecule has 0 rings (SSSR count). The lowest BCUT2D eigenvalue weighted by atomic mass is 10.0. The molecule has 0 spiro atoms. The minimum absolute atomic E-state index is 0.223. The number of aliphatic hydroxyl groups excluding tert-OH is 4. The van der Waals surface area contributed by atoms with Crippen molar-refractivity contribution in [1.82, 2.24) is 5.32 Å². The summed E-state index contributed by atoms with van der Waals surface area (Å²) in [5.74, 6) is 0. The van der Waals surface area contributed by atoms with Crippen molar-refractivity contribution in [3.05, 3.63) is 0 Å². The summed E-state index contributed by atoms with van der Waals surface area (Å²) in [5.41, 5.74) is -0.961. The standard InChI is InChI=1S/C10H23NO4/c12-6-4-2-1-3-5-11-10(7-13,8-14)9-15/h11-15H,1-9H2. The van der Waals surface area contributed by atoms with E-state index < -0.39 is 5.54 Å². The number of hydrogen-bond acceptors (Lipinski definition) is 5. The molecule has 0 aliphatic rings. The van der Waals surface area contributed by atoms with Crippen LogP contribution >= 0.6 is 0 Å². The van der Waals surface area contributed by atoms with Gasteiger partial charge in [-0.2, -0.15) is 0 Å². The molecular formula is C10H23NO4. The van der Waals surface area contributed by atoms with Crippen LogP contribution in [0.4, 0.5) is 0 Å². The van der Waals surface area contributed by atoms with E-state index in [0.29, 0.717) is 6.54 Å². The number of hydrogen-bond donors (Lipinski definition) is 5. The van der Waals surface area contributed by atoms with E-state index in [1.807, 2.05) is 0 Å². The van der Waals surface area contributed by atoms with Gasteiger partial charge < -0.3 is 25.7 Å². The molecule has 0 heterocycles. The van der Waals surface area contributed by atoms with Crippen LogP contribution in [0.1, 0.15) is 25.7 Å². The van der Waals surface area contributed by atoms with E-state index in [2.05, 4.69) is 5.32 Å². The van der Waals surface area contributed by atoms with Gasteiger partial charge in [0.15, 0.2) is 0 Å². The predicted octanol–water partition coefficient (Wildman–Crippen LogP) is -1.16. The van der Waals surface area contributed by atoms with Gasteiger partial charge in [-0.05, 0) is 19.4 Å². The summed E-state index contributed by atoms with van der Waals surface area (Å²) in [6, 6.07) is 0. The first-order chi connectivity index (χ1) is 7.24. The first-order valence-corrected chi connectivity index (χ1v) is 5.43. The molecule has 5 N–H and O–H groups in total. The largest absolute Gasteiger partial charge is 0.396 e. The molecule has 5 heteroatoms. The van der Waals surface area contributed by atoms with Crippen molar-refractivity contribution in [1.29, 1.82) is 0 Å². The Hall–Kier alpha value is -0.200. The maximum Gasteiger partial charge on any atom is 0.0881 e. The maximum atomic E-state index is 9.00. The molecule has 0 aliphatic carbocycles. The molecule has 0 aromatic heterocycles. The zero-order chi connectivity index (χ0) is 11.6. The molecule has 0 aliphatic heterocycles. The molecule has 0 saturated heterocycles. The van der Waals surface area contributed by atoms with Crippen molar-refractivity contribution >= 4 is 0 Å². The molecule has 5 nitrogen and oxygen atoms in total. The Kier molecular flexibility index (Phi) is 8.94. The van der Waals surface area contributed by atoms with Crippen LogP contribution in [0.25, 0.3) is 0 Å². The third kappa shape index (κ3) is 6.06. The van der Waals surface area contributed by atoms with Gasteiger partial charge in [0.1, 0.15) is 0 Å². The summed E-state index contributed by atoms with van der Waals surface area (Å²) in [6.07, 6.45) is 3.68. The van der Waals surface area contributed by atoms with Gasteiger partial charge in [-0.25, -0.2) is 0 Å². The molecule has 0 saturated carbocycles. The lowest BCUT2D eigenvalue weighted by molar-refractivity contribution is 0.0425. The Morgan fingerprint density at radius 1 is 0.733 bits per heavy atom. The van der Waals surface area contributed by atoms with Gasteiger partial charge in [-0.3, -0.25) is 0 Å². The summed E-state index contributed by atoms with van der Waals surface area (Å²) >= 11 is 0. The van der Waals surface area contributed by atoms with E-state index >= 15 is 0 Å². The molecule has 0 unspecified atom stereocenters. The Balaban J connectivity index is 3.54. The van der Waals surface area contributed by atoms with Gasteiger partial charge >= 0.3 is 0 Å². The average molecular weight is 221 g/mol. The minimum atomic E-state index is -0.961. The molecule has 0 aromatic carbocycles. The van der Waals surface area contributed by atoms with Crippen LogP contribution in [0.2, 0.25) is 0 Å². The Morgan fingerprint density at radius 3 is 1.73 bits per heavy atom. The van der Waals surface area contributed by atoms with Gasteiger partial charge in [0.2, 0.25) is 0 Å². The third-order valence-electron chi connectivity index (χ3n) is 2.49. The first kappa shape index (κ1) is 14.8. The fourth-order valence-electron chi connectivity index (χ4n) is 1.26. The predicted molar refractivity (Wildman–Crippen MR) is 57.5 cm³/mol. The quantitative estimate of drug-likeness (QED) is 0.300. The maximum absolute atomic E-state index is 9.00. The first-order valence-electron chi connectivity index (χ1n) is 5.43. The van der Waals surface area contributed by atoms with Crippen molar-refractivity contribution in [2.45, 2.75) is 31.2 Å². The fourth-order valence-corrected chi connectivity index (χ4v) is 1.26. The van der Waals surface area contributed by atoms with Crippen molar-refractivity contribution in [3.63, 3.8) is 0 Å². The Morgan fingerprint density at radius 2 is 1.27 bits per heavy atom. The van der Waals surface area contributed by atoms with E-state index in [1.165, 1.54) is 0 Å². The number of aliphatic hydroxyl groups is 4. The zero-order valence-electron chi connectivity index (χ0n) is 9.15. The second kappa shape index (κ2) is 9.06. The molecule has 0 aromatic rings. The molecule has 0 fully saturated rings. The molecule has 92 valence electrons. The van der Waals surface area contributed by atoms with Crippen LogP contribution in [0.5, 0.6) is 0 Å². The molecule has 0 atom stereocenters. The van der Waals surface area contributed by atoms with Crippen LogP contribution in [0.3, 0.4) is 0 Å². The van der Waals surface area contributed by atoms with Gasteiger partial charge in [0.25, 0.3) is 0 Å². The summed E-state index contributed by atoms with van der Waals surface area (Å²) in [7, 11) is 0. The lowest BCUT2D eigenvalue weighted by Crippen LogP contribution is -2.55. The number of unbranched alkanes of at least 4 members (excludes halogenated alkanes) is 3. The van der Waals surface area contributed by atoms with Crippen LogP contribution < -0.4 is 5.32 Å². The van der Waals surface area contributed by atoms with Crippen molar-refractivity contribution in [2.24, 2.45) is 0 Å². The van der Waals surface area contributed by atoms with Crippen LogP contribution in [0, 0.1) is 0 Å². The van der Waals surface area contributed by atoms with E-state index in [1.54, 1.807) is 0 Å². The van der Waals surface area contributed by atoms with Crippen molar-refractivity contribution in [3.8, 4) is 0 Å². The smallest absolute Gasteiger partial charge is 0.0881 e. The normalized spacial score (nSPS) is 12.0. The van der Waals surface area contributed by atoms with Gasteiger partial charge in [0.05, 0.1) is 25.4 Å². The SMILES string of the molecule is OCCCCCCNC(CO)(CO)CO. The Labute approximate surface area is 90.8 Å². The van der Waals surface area contributed by atoms with Gasteiger partial charge in [-0.15, -0.1) is 0 Å². The minimum Gasteiger partial charge on any atom is -0.396 e. The van der Waals surface area contributed by atoms with Crippen LogP contribution in [0.15, 0.2) is 0 Å². The average Bonchev–Trinajstić information content (AvgIpc) is 2.29. The van der Waals surface area contributed by atoms with Crippen LogP contribution in [-0.2, 0) is 0 Å². The molecule has 0 amide bonds. The molecule has 0 bridgehead atoms. The van der Waals surface area contributed by atoms with Crippen LogP contribution in [-0.4, -0.2) is 58.9 Å². The lowest BCUT2D eigenvalue weighted by Gasteiger charge is -2.28. The number of rotatable bonds is 10. The molecule has 15 heavy (non-hydrogen) atoms. The zero-order valence-corrected chi connectivity index (χ0v) is 9.15. The second-order valence-corrected chi connectivity index (χ2v) is 3.82. The second-order valence-electron chi connectivity index (χ2n) is 3.82. The summed E-state index contributed by atoms with van der Waals surface area (Å²) in [4.78, 5) is 0. The third-order valence-corrected chi connectivity index (χ3v) is 2.49. The van der Waals surface area contributed by atoms with Crippen molar-refractivity contribution in [2.75, 3.05) is 33.0 Å². The highest BCUT2D eigenvalue weighted by Gasteiger charge is 2.26. The molecule has 0 radical (unpaired) electrons. The highest BCUT2D eigenvalue weighted by molar-refractivity contribution is 4.85. The van der Waals surface area contributed by atoms with E-state index in [0.717, 1.165) is 25.7 Å². The fraction of sp³-hybridized carbons (Fsp3) is 1.00. The topological polar surface area (TPSA) is 93.0 Å². The van der Waals surface area contributed by atoms with Gasteiger partial charge in [-0.1, -0.05) is 12.8 Å². The summed E-state index contributed by atoms with van der Waals surface area (Å²) < 4.78 is 0. The van der Waals surface area contributed by atoms with E-state index in [4.69, 9.17) is 20.4 Å². The van der Waals surface area contributed by atoms with Crippen molar-refractivity contribution < 1.29 is 20.4 Å². The highest BCUT2D eigenvalue weighted by Crippen LogP contribution is 2.03. The number of nitrogens with one attached hydrogen (secondary N) is 1. The summed E-state index contributed by atoms with van der Waals surface area (Å²) in [6.45, 7) is 0.0261. The van der Waals surface area contributed by atoms with E-state index in [9.17, 15) is 0 Å². The Bertz CT molecular complexity index is 131. The van der Waals surface area contributed by atoms with E-state index in [-0.39, 0.29) is 26.4 Å². The molecular weight excluding hydrogens is 198 g/mol. The highest BCUT2D eigenvalue weighted by atomic mass is 16.3. The van der Waals surface area contributed by atoms with Gasteiger partial charge in [0, 0.05) is 6.61 Å². The monoisotopic (exact) mass is 221 g/mol.